The van der Waals surface area contributed by atoms with Crippen molar-refractivity contribution in [2.45, 2.75) is 56.3 Å². The van der Waals surface area contributed by atoms with Crippen molar-refractivity contribution in [1.82, 2.24) is 16.0 Å². The first-order chi connectivity index (χ1) is 15.3. The second-order valence-electron chi connectivity index (χ2n) is 6.92. The molecule has 0 saturated carbocycles. The van der Waals surface area contributed by atoms with Crippen molar-refractivity contribution < 1.29 is 48.9 Å². The van der Waals surface area contributed by atoms with Crippen LogP contribution >= 0.6 is 0 Å². The van der Waals surface area contributed by atoms with Crippen molar-refractivity contribution in [2.75, 3.05) is 6.61 Å². The van der Waals surface area contributed by atoms with Crippen molar-refractivity contribution in [3.05, 3.63) is 0 Å². The summed E-state index contributed by atoms with van der Waals surface area (Å²) in [6.45, 7) is -0.954. The molecule has 5 amide bonds. The number of hydrogen-bond acceptors (Lipinski definition) is 9. The van der Waals surface area contributed by atoms with E-state index in [-0.39, 0.29) is 12.8 Å². The molecule has 0 aliphatic heterocycles. The SMILES string of the molecule is NC(=O)CCC(NC(=O)C(CCC(=O)O)NC(=O)C(CO)NC(=O)C(N)CC(N)=O)C(=O)O. The maximum Gasteiger partial charge on any atom is 0.326 e. The van der Waals surface area contributed by atoms with Crippen LogP contribution in [-0.4, -0.2) is 87.6 Å². The fourth-order valence-electron chi connectivity index (χ4n) is 2.41. The molecule has 186 valence electrons. The van der Waals surface area contributed by atoms with Crippen LogP contribution < -0.4 is 33.2 Å². The van der Waals surface area contributed by atoms with Gasteiger partial charge in [-0.1, -0.05) is 0 Å². The van der Waals surface area contributed by atoms with Crippen molar-refractivity contribution in [1.29, 1.82) is 0 Å². The molecule has 16 nitrogen and oxygen atoms in total. The van der Waals surface area contributed by atoms with Gasteiger partial charge in [-0.15, -0.1) is 0 Å². The number of carboxylic acid groups (broad SMARTS) is 2. The molecule has 0 rings (SSSR count). The highest BCUT2D eigenvalue weighted by molar-refractivity contribution is 5.95. The second kappa shape index (κ2) is 14.3. The predicted molar refractivity (Wildman–Crippen MR) is 108 cm³/mol. The molecule has 0 aliphatic rings. The zero-order valence-corrected chi connectivity index (χ0v) is 17.5. The molecular weight excluding hydrogens is 448 g/mol. The number of carbonyl (C=O) groups is 7. The van der Waals surface area contributed by atoms with Gasteiger partial charge >= 0.3 is 11.9 Å². The van der Waals surface area contributed by atoms with E-state index in [0.29, 0.717) is 0 Å². The van der Waals surface area contributed by atoms with Crippen LogP contribution in [0.3, 0.4) is 0 Å². The number of aliphatic hydroxyl groups excluding tert-OH is 1. The van der Waals surface area contributed by atoms with Crippen LogP contribution in [0, 0.1) is 0 Å². The summed E-state index contributed by atoms with van der Waals surface area (Å²) in [5.41, 5.74) is 15.3. The fourth-order valence-corrected chi connectivity index (χ4v) is 2.41. The third-order valence-electron chi connectivity index (χ3n) is 4.15. The van der Waals surface area contributed by atoms with E-state index in [1.165, 1.54) is 0 Å². The average Bonchev–Trinajstić information content (AvgIpc) is 2.70. The molecule has 0 fully saturated rings. The minimum Gasteiger partial charge on any atom is -0.481 e. The summed E-state index contributed by atoms with van der Waals surface area (Å²) in [7, 11) is 0. The van der Waals surface area contributed by atoms with Crippen molar-refractivity contribution in [2.24, 2.45) is 17.2 Å². The third-order valence-corrected chi connectivity index (χ3v) is 4.15. The molecule has 0 aromatic heterocycles. The molecule has 0 saturated heterocycles. The monoisotopic (exact) mass is 476 g/mol. The Morgan fingerprint density at radius 1 is 0.697 bits per heavy atom. The van der Waals surface area contributed by atoms with Gasteiger partial charge in [-0.05, 0) is 12.8 Å². The van der Waals surface area contributed by atoms with E-state index >= 15 is 0 Å². The Morgan fingerprint density at radius 2 is 1.18 bits per heavy atom. The molecule has 0 aromatic carbocycles. The Labute approximate surface area is 187 Å². The minimum absolute atomic E-state index is 0.358. The Bertz CT molecular complexity index is 773. The molecule has 4 atom stereocenters. The zero-order chi connectivity index (χ0) is 25.7. The van der Waals surface area contributed by atoms with Gasteiger partial charge in [-0.3, -0.25) is 28.8 Å². The van der Waals surface area contributed by atoms with Gasteiger partial charge in [0, 0.05) is 12.8 Å². The molecule has 4 unspecified atom stereocenters. The quantitative estimate of drug-likeness (QED) is 0.101. The second-order valence-corrected chi connectivity index (χ2v) is 6.92. The summed E-state index contributed by atoms with van der Waals surface area (Å²) in [5, 5.41) is 33.7. The highest BCUT2D eigenvalue weighted by atomic mass is 16.4. The standard InChI is InChI=1S/C17H28N6O10/c18-7(5-12(20)26)14(29)23-10(6-24)16(31)21-8(2-4-13(27)28)15(30)22-9(17(32)33)1-3-11(19)25/h7-10,24H,1-6,18H2,(H2,19,25)(H2,20,26)(H,21,31)(H,22,30)(H,23,29)(H,27,28)(H,32,33). The van der Waals surface area contributed by atoms with E-state index in [4.69, 9.17) is 22.3 Å². The lowest BCUT2D eigenvalue weighted by molar-refractivity contribution is -0.143. The van der Waals surface area contributed by atoms with E-state index in [1.54, 1.807) is 0 Å². The maximum absolute atomic E-state index is 12.5. The lowest BCUT2D eigenvalue weighted by Crippen LogP contribution is -2.58. The summed E-state index contributed by atoms with van der Waals surface area (Å²) >= 11 is 0. The summed E-state index contributed by atoms with van der Waals surface area (Å²) in [5.74, 6) is -7.75. The van der Waals surface area contributed by atoms with Crippen molar-refractivity contribution >= 4 is 41.5 Å². The molecule has 0 heterocycles. The van der Waals surface area contributed by atoms with E-state index in [1.807, 2.05) is 5.32 Å². The van der Waals surface area contributed by atoms with Crippen LogP contribution in [0.2, 0.25) is 0 Å². The van der Waals surface area contributed by atoms with E-state index in [9.17, 15) is 43.8 Å². The molecule has 0 aliphatic carbocycles. The van der Waals surface area contributed by atoms with E-state index < -0.39 is 91.5 Å². The van der Waals surface area contributed by atoms with Gasteiger partial charge in [0.05, 0.1) is 19.1 Å². The van der Waals surface area contributed by atoms with Crippen LogP contribution in [0.25, 0.3) is 0 Å². The first-order valence-corrected chi connectivity index (χ1v) is 9.57. The lowest BCUT2D eigenvalue weighted by Gasteiger charge is -2.24. The van der Waals surface area contributed by atoms with E-state index in [0.717, 1.165) is 0 Å². The predicted octanol–water partition coefficient (Wildman–Crippen LogP) is -5.15. The Hall–Kier alpha value is -3.79. The topological polar surface area (TPSA) is 294 Å². The van der Waals surface area contributed by atoms with Crippen molar-refractivity contribution in [3.8, 4) is 0 Å². The number of carbonyl (C=O) groups excluding carboxylic acids is 5. The lowest BCUT2D eigenvalue weighted by atomic mass is 10.1. The molecule has 16 heteroatoms. The van der Waals surface area contributed by atoms with Gasteiger partial charge in [0.25, 0.3) is 0 Å². The molecule has 0 aromatic rings. The largest absolute Gasteiger partial charge is 0.481 e. The highest BCUT2D eigenvalue weighted by Gasteiger charge is 2.30. The van der Waals surface area contributed by atoms with Gasteiger partial charge in [0.2, 0.25) is 29.5 Å². The number of nitrogens with one attached hydrogen (secondary N) is 3. The summed E-state index contributed by atoms with van der Waals surface area (Å²) < 4.78 is 0. The third kappa shape index (κ3) is 12.0. The molecule has 12 N–H and O–H groups in total. The summed E-state index contributed by atoms with van der Waals surface area (Å²) in [6.07, 6.45) is -2.34. The Morgan fingerprint density at radius 3 is 1.64 bits per heavy atom. The number of hydrogen-bond donors (Lipinski definition) is 9. The first-order valence-electron chi connectivity index (χ1n) is 9.57. The Kier molecular flexibility index (Phi) is 12.7. The van der Waals surface area contributed by atoms with Crippen LogP contribution in [0.4, 0.5) is 0 Å². The van der Waals surface area contributed by atoms with Crippen molar-refractivity contribution in [3.63, 3.8) is 0 Å². The molecule has 0 spiro atoms. The van der Waals surface area contributed by atoms with Gasteiger partial charge in [0.1, 0.15) is 18.1 Å². The number of aliphatic hydroxyl groups is 1. The number of carboxylic acids is 2. The number of rotatable bonds is 16. The van der Waals surface area contributed by atoms with Gasteiger partial charge in [-0.25, -0.2) is 4.79 Å². The number of aliphatic carboxylic acids is 2. The highest BCUT2D eigenvalue weighted by Crippen LogP contribution is 2.04. The van der Waals surface area contributed by atoms with Gasteiger partial charge in [-0.2, -0.15) is 0 Å². The minimum atomic E-state index is -1.64. The number of primary amides is 2. The van der Waals surface area contributed by atoms with Crippen LogP contribution in [0.5, 0.6) is 0 Å². The van der Waals surface area contributed by atoms with Crippen LogP contribution in [0.1, 0.15) is 32.1 Å². The molecular formula is C17H28N6O10. The normalized spacial score (nSPS) is 14.1. The van der Waals surface area contributed by atoms with Gasteiger partial charge < -0.3 is 48.5 Å². The molecule has 0 bridgehead atoms. The average molecular weight is 476 g/mol. The zero-order valence-electron chi connectivity index (χ0n) is 17.5. The smallest absolute Gasteiger partial charge is 0.326 e. The number of nitrogens with two attached hydrogens (primary N) is 3. The summed E-state index contributed by atoms with van der Waals surface area (Å²) in [6, 6.07) is -6.19. The van der Waals surface area contributed by atoms with Crippen LogP contribution in [-0.2, 0) is 33.6 Å². The molecule has 33 heavy (non-hydrogen) atoms. The first kappa shape index (κ1) is 29.2. The maximum atomic E-state index is 12.5. The van der Waals surface area contributed by atoms with E-state index in [2.05, 4.69) is 10.6 Å². The summed E-state index contributed by atoms with van der Waals surface area (Å²) in [4.78, 5) is 80.8. The van der Waals surface area contributed by atoms with Gasteiger partial charge in [0.15, 0.2) is 0 Å². The fraction of sp³-hybridized carbons (Fsp3) is 0.588. The van der Waals surface area contributed by atoms with Crippen LogP contribution in [0.15, 0.2) is 0 Å². The molecule has 0 radical (unpaired) electrons. The Balaban J connectivity index is 5.36. The number of amides is 5.